The topological polar surface area (TPSA) is 286 Å². The Hall–Kier alpha value is -5.42. The van der Waals surface area contributed by atoms with Gasteiger partial charge >= 0.3 is 31.6 Å². The molecule has 4 atom stereocenters. The number of carbonyl (C=O) groups is 7. The zero-order valence-electron chi connectivity index (χ0n) is 29.1. The van der Waals surface area contributed by atoms with Crippen LogP contribution in [0.25, 0.3) is 12.2 Å². The van der Waals surface area contributed by atoms with E-state index in [0.29, 0.717) is 13.0 Å². The summed E-state index contributed by atoms with van der Waals surface area (Å²) >= 11 is 0. The van der Waals surface area contributed by atoms with Crippen molar-refractivity contribution in [2.75, 3.05) is 11.5 Å². The maximum atomic E-state index is 13.4. The largest absolute Gasteiger partial charge is 0.481 e. The molecule has 2 aromatic carbocycles. The number of amides is 3. The Balaban J connectivity index is 1.44. The van der Waals surface area contributed by atoms with E-state index in [0.717, 1.165) is 22.4 Å². The first-order valence-electron chi connectivity index (χ1n) is 17.0. The molecule has 2 aromatic rings. The minimum atomic E-state index is -4.84. The number of fused-ring (bicyclic) bond motifs is 2. The van der Waals surface area contributed by atoms with E-state index in [-0.39, 0.29) is 25.2 Å². The van der Waals surface area contributed by atoms with E-state index in [1.54, 1.807) is 9.99 Å². The fraction of sp³-hybridized carbons (Fsp3) is 0.400. The van der Waals surface area contributed by atoms with Crippen LogP contribution in [-0.2, 0) is 49.2 Å². The maximum Gasteiger partial charge on any atom is 0.403 e. The zero-order chi connectivity index (χ0) is 39.8. The van der Waals surface area contributed by atoms with Gasteiger partial charge in [-0.1, -0.05) is 54.6 Å². The number of carboxylic acid groups (broad SMARTS) is 4. The smallest absolute Gasteiger partial charge is 0.403 e. The molecule has 1 aliphatic rings. The summed E-state index contributed by atoms with van der Waals surface area (Å²) in [7, 11) is -4.84. The van der Waals surface area contributed by atoms with Gasteiger partial charge in [-0.05, 0) is 48.4 Å². The zero-order valence-corrected chi connectivity index (χ0v) is 30.0. The fourth-order valence-electron chi connectivity index (χ4n) is 5.43. The lowest BCUT2D eigenvalue weighted by Gasteiger charge is -2.27. The molecule has 0 aliphatic carbocycles. The highest BCUT2D eigenvalue weighted by molar-refractivity contribution is 7.50. The molecule has 0 bridgehead atoms. The molecule has 54 heavy (non-hydrogen) atoms. The lowest BCUT2D eigenvalue weighted by atomic mass is 10.0. The van der Waals surface area contributed by atoms with E-state index in [1.165, 1.54) is 0 Å². The molecule has 8 N–H and O–H groups in total. The minimum absolute atomic E-state index is 0.0944. The highest BCUT2D eigenvalue weighted by Gasteiger charge is 2.31. The van der Waals surface area contributed by atoms with Gasteiger partial charge in [0.15, 0.2) is 0 Å². The second-order valence-corrected chi connectivity index (χ2v) is 13.9. The van der Waals surface area contributed by atoms with Gasteiger partial charge in [-0.25, -0.2) is 19.2 Å². The molecule has 0 radical (unpaired) electrons. The van der Waals surface area contributed by atoms with Gasteiger partial charge in [0.05, 0.1) is 18.8 Å². The molecule has 0 spiro atoms. The SMILES string of the molecule is O=C(O)CC[C@H](NP(=O)(O)OCC[C@H](NC(=O)CC[C@@H](NC(=O)CCCCC(=O)N1Cc2ccccc2/C=C\c2ccccc21)C(=O)O)C(=O)O)C(=O)O. The summed E-state index contributed by atoms with van der Waals surface area (Å²) in [5, 5.41) is 43.1. The van der Waals surface area contributed by atoms with E-state index in [2.05, 4.69) is 10.6 Å². The number of rotatable bonds is 22. The normalized spacial score (nSPS) is 15.4. The van der Waals surface area contributed by atoms with E-state index >= 15 is 0 Å². The summed E-state index contributed by atoms with van der Waals surface area (Å²) in [4.78, 5) is 95.5. The Morgan fingerprint density at radius 1 is 0.685 bits per heavy atom. The van der Waals surface area contributed by atoms with E-state index < -0.39 is 100 Å². The minimum Gasteiger partial charge on any atom is -0.481 e. The summed E-state index contributed by atoms with van der Waals surface area (Å²) in [6.45, 7) is -0.389. The second kappa shape index (κ2) is 20.7. The van der Waals surface area contributed by atoms with E-state index in [4.69, 9.17) is 14.7 Å². The average Bonchev–Trinajstić information content (AvgIpc) is 3.10. The second-order valence-electron chi connectivity index (χ2n) is 12.3. The number of hydrogen-bond acceptors (Lipinski definition) is 9. The van der Waals surface area contributed by atoms with Gasteiger partial charge in [0.2, 0.25) is 17.7 Å². The standard InChI is InChI=1S/C35H43N4O14P/c40-29(11-5-6-12-31(42)39-21-24-9-2-1-7-22(24)13-14-23-8-3-4-10-28(23)39)36-25(33(45)46)15-17-30(41)37-26(34(47)48)19-20-53-54(51,52)38-27(35(49)50)16-18-32(43)44/h1-4,7-10,13-14,25-27H,5-6,11-12,15-21H2,(H,36,40)(H,37,41)(H,43,44)(H,45,46)(H,47,48)(H,49,50)(H2,38,51,52)/b14-13-/t25-,26+,27+/m1/s1. The molecule has 18 nitrogen and oxygen atoms in total. The van der Waals surface area contributed by atoms with Crippen LogP contribution in [0.4, 0.5) is 5.69 Å². The molecule has 1 heterocycles. The fourth-order valence-corrected chi connectivity index (χ4v) is 6.49. The van der Waals surface area contributed by atoms with Crippen molar-refractivity contribution >= 4 is 67.2 Å². The lowest BCUT2D eigenvalue weighted by molar-refractivity contribution is -0.143. The number of benzene rings is 2. The summed E-state index contributed by atoms with van der Waals surface area (Å²) < 4.78 is 16.9. The summed E-state index contributed by atoms with van der Waals surface area (Å²) in [5.41, 5.74) is 3.61. The van der Waals surface area contributed by atoms with Crippen molar-refractivity contribution in [1.29, 1.82) is 0 Å². The molecule has 1 unspecified atom stereocenters. The van der Waals surface area contributed by atoms with Crippen molar-refractivity contribution in [3.63, 3.8) is 0 Å². The van der Waals surface area contributed by atoms with Gasteiger partial charge in [0, 0.05) is 32.1 Å². The van der Waals surface area contributed by atoms with Gasteiger partial charge in [0.1, 0.15) is 18.1 Å². The van der Waals surface area contributed by atoms with Crippen LogP contribution in [0, 0.1) is 0 Å². The number of para-hydroxylation sites is 1. The quantitative estimate of drug-likeness (QED) is 0.0630. The number of nitrogens with one attached hydrogen (secondary N) is 3. The van der Waals surface area contributed by atoms with Gasteiger partial charge in [-0.3, -0.25) is 28.5 Å². The van der Waals surface area contributed by atoms with Crippen molar-refractivity contribution < 1.29 is 68.0 Å². The summed E-state index contributed by atoms with van der Waals surface area (Å²) in [5.74, 6) is -7.63. The van der Waals surface area contributed by atoms with Crippen LogP contribution in [0.3, 0.4) is 0 Å². The molecule has 0 fully saturated rings. The Labute approximate surface area is 309 Å². The van der Waals surface area contributed by atoms with E-state index in [9.17, 15) is 53.2 Å². The molecule has 19 heteroatoms. The van der Waals surface area contributed by atoms with Crippen molar-refractivity contribution in [2.45, 2.75) is 82.5 Å². The molecule has 3 rings (SSSR count). The first kappa shape index (κ1) is 43.0. The van der Waals surface area contributed by atoms with Crippen LogP contribution >= 0.6 is 7.75 Å². The maximum absolute atomic E-state index is 13.4. The average molecular weight is 775 g/mol. The Morgan fingerprint density at radius 2 is 1.22 bits per heavy atom. The van der Waals surface area contributed by atoms with Crippen molar-refractivity contribution in [2.24, 2.45) is 0 Å². The van der Waals surface area contributed by atoms with Crippen LogP contribution in [0.15, 0.2) is 48.5 Å². The highest BCUT2D eigenvalue weighted by Crippen LogP contribution is 2.38. The number of nitrogens with zero attached hydrogens (tertiary/aromatic N) is 1. The van der Waals surface area contributed by atoms with Gasteiger partial charge in [-0.2, -0.15) is 0 Å². The van der Waals surface area contributed by atoms with Crippen molar-refractivity contribution in [3.05, 3.63) is 65.2 Å². The molecular weight excluding hydrogens is 731 g/mol. The van der Waals surface area contributed by atoms with E-state index in [1.807, 2.05) is 60.7 Å². The Kier molecular flexibility index (Phi) is 16.5. The predicted molar refractivity (Wildman–Crippen MR) is 192 cm³/mol. The predicted octanol–water partition coefficient (Wildman–Crippen LogP) is 2.60. The van der Waals surface area contributed by atoms with Crippen LogP contribution in [0.5, 0.6) is 0 Å². The van der Waals surface area contributed by atoms with Crippen LogP contribution < -0.4 is 20.6 Å². The first-order chi connectivity index (χ1) is 25.6. The third-order valence-electron chi connectivity index (χ3n) is 8.26. The van der Waals surface area contributed by atoms with Crippen molar-refractivity contribution in [1.82, 2.24) is 15.7 Å². The Morgan fingerprint density at radius 3 is 1.87 bits per heavy atom. The van der Waals surface area contributed by atoms with Crippen LogP contribution in [-0.4, -0.2) is 91.7 Å². The third-order valence-corrected chi connectivity index (χ3v) is 9.43. The Bertz CT molecular complexity index is 1780. The van der Waals surface area contributed by atoms with Crippen LogP contribution in [0.2, 0.25) is 0 Å². The first-order valence-corrected chi connectivity index (χ1v) is 18.5. The lowest BCUT2D eigenvalue weighted by Crippen LogP contribution is -2.44. The number of aliphatic carboxylic acids is 4. The monoisotopic (exact) mass is 774 g/mol. The number of carbonyl (C=O) groups excluding carboxylic acids is 3. The third kappa shape index (κ3) is 14.2. The van der Waals surface area contributed by atoms with Crippen molar-refractivity contribution in [3.8, 4) is 0 Å². The summed E-state index contributed by atoms with van der Waals surface area (Å²) in [6.07, 6.45) is 1.96. The number of hydrogen-bond donors (Lipinski definition) is 8. The molecule has 3 amide bonds. The summed E-state index contributed by atoms with van der Waals surface area (Å²) in [6, 6.07) is 10.4. The van der Waals surface area contributed by atoms with Gasteiger partial charge in [0.25, 0.3) is 0 Å². The number of unbranched alkanes of at least 4 members (excludes halogenated alkanes) is 1. The number of anilines is 1. The molecule has 1 aliphatic heterocycles. The molecule has 0 aromatic heterocycles. The van der Waals surface area contributed by atoms with Gasteiger partial charge < -0.3 is 40.9 Å². The molecule has 292 valence electrons. The van der Waals surface area contributed by atoms with Crippen LogP contribution in [0.1, 0.15) is 74.5 Å². The molecule has 0 saturated heterocycles. The molecular formula is C35H43N4O14P. The highest BCUT2D eigenvalue weighted by atomic mass is 31.2. The molecule has 0 saturated carbocycles. The van der Waals surface area contributed by atoms with Gasteiger partial charge in [-0.15, -0.1) is 0 Å². The number of carboxylic acids is 4.